The standard InChI is InChI=1S/C10H14BrN3O2S/c11-8-5-7-1-3-14(10(7)9(13)6-8)17(15,16)4-2-12/h5-6H,1-4,12-13H2. The number of nitrogen functional groups attached to an aromatic ring is 1. The number of hydrogen-bond donors (Lipinski definition) is 2. The molecule has 0 fully saturated rings. The van der Waals surface area contributed by atoms with Crippen LogP contribution in [0.4, 0.5) is 11.4 Å². The molecule has 0 aliphatic carbocycles. The van der Waals surface area contributed by atoms with E-state index in [4.69, 9.17) is 11.5 Å². The minimum atomic E-state index is -3.35. The number of hydrogen-bond acceptors (Lipinski definition) is 4. The molecule has 0 aromatic heterocycles. The Kier molecular flexibility index (Phi) is 3.33. The summed E-state index contributed by atoms with van der Waals surface area (Å²) in [6.07, 6.45) is 0.683. The summed E-state index contributed by atoms with van der Waals surface area (Å²) in [7, 11) is -3.35. The maximum Gasteiger partial charge on any atom is 0.236 e. The van der Waals surface area contributed by atoms with Gasteiger partial charge in [0.15, 0.2) is 0 Å². The van der Waals surface area contributed by atoms with Crippen molar-refractivity contribution in [2.24, 2.45) is 5.73 Å². The minimum absolute atomic E-state index is 0.0536. The smallest absolute Gasteiger partial charge is 0.236 e. The summed E-state index contributed by atoms with van der Waals surface area (Å²) in [5.41, 5.74) is 13.3. The van der Waals surface area contributed by atoms with Crippen molar-refractivity contribution < 1.29 is 8.42 Å². The quantitative estimate of drug-likeness (QED) is 0.802. The maximum atomic E-state index is 12.0. The molecular weight excluding hydrogens is 306 g/mol. The molecule has 1 aliphatic heterocycles. The molecule has 0 amide bonds. The number of nitrogens with two attached hydrogens (primary N) is 2. The van der Waals surface area contributed by atoms with Crippen LogP contribution in [0.5, 0.6) is 0 Å². The Hall–Kier alpha value is -0.790. The van der Waals surface area contributed by atoms with E-state index in [9.17, 15) is 8.42 Å². The second kappa shape index (κ2) is 4.47. The molecule has 1 aromatic rings. The molecule has 0 spiro atoms. The molecule has 0 radical (unpaired) electrons. The Morgan fingerprint density at radius 2 is 2.12 bits per heavy atom. The molecule has 0 bridgehead atoms. The average molecular weight is 320 g/mol. The fraction of sp³-hybridized carbons (Fsp3) is 0.400. The first-order valence-corrected chi connectivity index (χ1v) is 7.64. The van der Waals surface area contributed by atoms with Crippen molar-refractivity contribution in [3.63, 3.8) is 0 Å². The number of sulfonamides is 1. The molecule has 1 heterocycles. The van der Waals surface area contributed by atoms with Crippen LogP contribution in [0.25, 0.3) is 0 Å². The molecule has 1 aromatic carbocycles. The molecule has 0 saturated heterocycles. The lowest BCUT2D eigenvalue weighted by molar-refractivity contribution is 0.592. The molecule has 7 heteroatoms. The van der Waals surface area contributed by atoms with Gasteiger partial charge in [0, 0.05) is 17.6 Å². The van der Waals surface area contributed by atoms with Crippen molar-refractivity contribution in [1.82, 2.24) is 0 Å². The van der Waals surface area contributed by atoms with Crippen LogP contribution < -0.4 is 15.8 Å². The lowest BCUT2D eigenvalue weighted by atomic mass is 10.1. The van der Waals surface area contributed by atoms with Crippen LogP contribution in [0.3, 0.4) is 0 Å². The van der Waals surface area contributed by atoms with E-state index in [-0.39, 0.29) is 12.3 Å². The molecular formula is C10H14BrN3O2S. The number of anilines is 2. The van der Waals surface area contributed by atoms with Crippen molar-refractivity contribution in [1.29, 1.82) is 0 Å². The van der Waals surface area contributed by atoms with Crippen LogP contribution in [0.2, 0.25) is 0 Å². The lowest BCUT2D eigenvalue weighted by Gasteiger charge is -2.20. The molecule has 94 valence electrons. The van der Waals surface area contributed by atoms with Gasteiger partial charge in [-0.25, -0.2) is 8.42 Å². The van der Waals surface area contributed by atoms with Crippen LogP contribution >= 0.6 is 15.9 Å². The highest BCUT2D eigenvalue weighted by molar-refractivity contribution is 9.10. The minimum Gasteiger partial charge on any atom is -0.397 e. The Bertz CT molecular complexity index is 545. The first-order chi connectivity index (χ1) is 7.95. The highest BCUT2D eigenvalue weighted by Crippen LogP contribution is 2.38. The molecule has 5 nitrogen and oxygen atoms in total. The van der Waals surface area contributed by atoms with Crippen LogP contribution in [-0.4, -0.2) is 27.3 Å². The highest BCUT2D eigenvalue weighted by Gasteiger charge is 2.30. The van der Waals surface area contributed by atoms with Gasteiger partial charge in [-0.2, -0.15) is 0 Å². The molecule has 0 atom stereocenters. The second-order valence-corrected chi connectivity index (χ2v) is 6.86. The van der Waals surface area contributed by atoms with E-state index in [0.29, 0.717) is 24.3 Å². The molecule has 0 unspecified atom stereocenters. The van der Waals surface area contributed by atoms with E-state index >= 15 is 0 Å². The maximum absolute atomic E-state index is 12.0. The molecule has 2 rings (SSSR count). The Morgan fingerprint density at radius 1 is 1.41 bits per heavy atom. The predicted octanol–water partition coefficient (Wildman–Crippen LogP) is 0.682. The van der Waals surface area contributed by atoms with Crippen molar-refractivity contribution in [2.75, 3.05) is 28.9 Å². The van der Waals surface area contributed by atoms with Crippen molar-refractivity contribution in [3.05, 3.63) is 22.2 Å². The summed E-state index contributed by atoms with van der Waals surface area (Å²) < 4.78 is 26.3. The summed E-state index contributed by atoms with van der Waals surface area (Å²) in [4.78, 5) is 0. The zero-order chi connectivity index (χ0) is 12.6. The Balaban J connectivity index is 2.47. The summed E-state index contributed by atoms with van der Waals surface area (Å²) >= 11 is 3.35. The van der Waals surface area contributed by atoms with E-state index in [0.717, 1.165) is 10.0 Å². The van der Waals surface area contributed by atoms with Gasteiger partial charge in [0.1, 0.15) is 0 Å². The van der Waals surface area contributed by atoms with E-state index in [1.165, 1.54) is 4.31 Å². The number of rotatable bonds is 3. The zero-order valence-electron chi connectivity index (χ0n) is 9.19. The van der Waals surface area contributed by atoms with Gasteiger partial charge in [-0.1, -0.05) is 15.9 Å². The first-order valence-electron chi connectivity index (χ1n) is 5.24. The van der Waals surface area contributed by atoms with E-state index in [1.807, 2.05) is 6.07 Å². The van der Waals surface area contributed by atoms with Gasteiger partial charge >= 0.3 is 0 Å². The molecule has 17 heavy (non-hydrogen) atoms. The van der Waals surface area contributed by atoms with Crippen LogP contribution in [0, 0.1) is 0 Å². The largest absolute Gasteiger partial charge is 0.397 e. The first kappa shape index (κ1) is 12.7. The Morgan fingerprint density at radius 3 is 2.76 bits per heavy atom. The molecule has 0 saturated carbocycles. The van der Waals surface area contributed by atoms with Crippen molar-refractivity contribution in [3.8, 4) is 0 Å². The fourth-order valence-corrected chi connectivity index (χ4v) is 3.96. The van der Waals surface area contributed by atoms with Crippen LogP contribution in [-0.2, 0) is 16.4 Å². The SMILES string of the molecule is NCCS(=O)(=O)N1CCc2cc(Br)cc(N)c21. The van der Waals surface area contributed by atoms with Gasteiger partial charge in [-0.15, -0.1) is 0 Å². The number of fused-ring (bicyclic) bond motifs is 1. The van der Waals surface area contributed by atoms with Gasteiger partial charge in [0.25, 0.3) is 0 Å². The van der Waals surface area contributed by atoms with Crippen molar-refractivity contribution in [2.45, 2.75) is 6.42 Å². The van der Waals surface area contributed by atoms with Gasteiger partial charge in [-0.3, -0.25) is 4.31 Å². The fourth-order valence-electron chi connectivity index (χ4n) is 2.04. The Labute approximate surface area is 109 Å². The number of halogens is 1. The number of benzene rings is 1. The van der Waals surface area contributed by atoms with Crippen LogP contribution in [0.1, 0.15) is 5.56 Å². The van der Waals surface area contributed by atoms with E-state index < -0.39 is 10.0 Å². The normalized spacial score (nSPS) is 15.1. The molecule has 4 N–H and O–H groups in total. The monoisotopic (exact) mass is 319 g/mol. The summed E-state index contributed by atoms with van der Waals surface area (Å²) in [5.74, 6) is -0.0536. The summed E-state index contributed by atoms with van der Waals surface area (Å²) in [6.45, 7) is 0.558. The van der Waals surface area contributed by atoms with Crippen LogP contribution in [0.15, 0.2) is 16.6 Å². The second-order valence-electron chi connectivity index (χ2n) is 3.93. The third kappa shape index (κ3) is 2.27. The predicted molar refractivity (Wildman–Crippen MR) is 72.4 cm³/mol. The topological polar surface area (TPSA) is 89.4 Å². The third-order valence-electron chi connectivity index (χ3n) is 2.73. The lowest BCUT2D eigenvalue weighted by Crippen LogP contribution is -2.34. The van der Waals surface area contributed by atoms with Gasteiger partial charge in [0.2, 0.25) is 10.0 Å². The van der Waals surface area contributed by atoms with E-state index in [1.54, 1.807) is 6.07 Å². The van der Waals surface area contributed by atoms with Gasteiger partial charge in [0.05, 0.1) is 17.1 Å². The van der Waals surface area contributed by atoms with Crippen molar-refractivity contribution >= 4 is 37.3 Å². The average Bonchev–Trinajstić information content (AvgIpc) is 2.61. The highest BCUT2D eigenvalue weighted by atomic mass is 79.9. The zero-order valence-corrected chi connectivity index (χ0v) is 11.6. The summed E-state index contributed by atoms with van der Waals surface area (Å²) in [5, 5.41) is 0. The molecule has 1 aliphatic rings. The van der Waals surface area contributed by atoms with Gasteiger partial charge < -0.3 is 11.5 Å². The van der Waals surface area contributed by atoms with Gasteiger partial charge in [-0.05, 0) is 24.1 Å². The summed E-state index contributed by atoms with van der Waals surface area (Å²) in [6, 6.07) is 3.62. The van der Waals surface area contributed by atoms with E-state index in [2.05, 4.69) is 15.9 Å². The number of nitrogens with zero attached hydrogens (tertiary/aromatic N) is 1. The third-order valence-corrected chi connectivity index (χ3v) is 4.97.